The van der Waals surface area contributed by atoms with Gasteiger partial charge in [0, 0.05) is 58.0 Å². The Kier molecular flexibility index (Phi) is 6.76. The number of anilines is 1. The lowest BCUT2D eigenvalue weighted by Crippen LogP contribution is -2.55. The molecule has 0 spiro atoms. The smallest absolute Gasteiger partial charge is 0.289 e. The van der Waals surface area contributed by atoms with Crippen molar-refractivity contribution in [3.63, 3.8) is 0 Å². The highest BCUT2D eigenvalue weighted by Gasteiger charge is 2.31. The third kappa shape index (κ3) is 4.78. The average molecular weight is 436 g/mol. The summed E-state index contributed by atoms with van der Waals surface area (Å²) in [7, 11) is 0. The molecule has 2 aromatic rings. The molecule has 2 aliphatic heterocycles. The van der Waals surface area contributed by atoms with Gasteiger partial charge in [-0.05, 0) is 49.7 Å². The van der Waals surface area contributed by atoms with Crippen LogP contribution < -0.4 is 4.90 Å². The fraction of sp³-hybridized carbons (Fsp3) is 0.458. The molecular formula is C24H29N5O3. The monoisotopic (exact) mass is 435 g/mol. The molecule has 0 aliphatic carbocycles. The largest absolute Gasteiger partial charge is 0.459 e. The number of carbonyl (C=O) groups is 2. The summed E-state index contributed by atoms with van der Waals surface area (Å²) in [5.74, 6) is 0.349. The molecule has 1 aromatic carbocycles. The number of benzene rings is 1. The van der Waals surface area contributed by atoms with Crippen LogP contribution in [0.1, 0.15) is 29.5 Å². The van der Waals surface area contributed by atoms with E-state index in [2.05, 4.69) is 15.9 Å². The number of furan rings is 1. The SMILES string of the molecule is CC(C(=O)N1CCN(C(=O)c2ccco2)CC1)N1CCCN(c2ccc(C#N)cc2)CC1. The maximum atomic E-state index is 13.2. The van der Waals surface area contributed by atoms with Crippen LogP contribution in [0.4, 0.5) is 5.69 Å². The van der Waals surface area contributed by atoms with E-state index in [9.17, 15) is 9.59 Å². The van der Waals surface area contributed by atoms with E-state index in [0.717, 1.165) is 38.3 Å². The number of carbonyl (C=O) groups excluding carboxylic acids is 2. The Bertz CT molecular complexity index is 959. The van der Waals surface area contributed by atoms with Crippen LogP contribution >= 0.6 is 0 Å². The van der Waals surface area contributed by atoms with E-state index in [1.54, 1.807) is 17.0 Å². The molecule has 0 N–H and O–H groups in total. The minimum Gasteiger partial charge on any atom is -0.459 e. The molecule has 2 fully saturated rings. The molecule has 2 aliphatic rings. The lowest BCUT2D eigenvalue weighted by atomic mass is 10.2. The molecule has 168 valence electrons. The summed E-state index contributed by atoms with van der Waals surface area (Å²) in [4.78, 5) is 33.8. The normalized spacial score (nSPS) is 18.7. The number of hydrogen-bond acceptors (Lipinski definition) is 6. The van der Waals surface area contributed by atoms with Crippen molar-refractivity contribution in [1.82, 2.24) is 14.7 Å². The van der Waals surface area contributed by atoms with Gasteiger partial charge in [-0.25, -0.2) is 0 Å². The lowest BCUT2D eigenvalue weighted by Gasteiger charge is -2.37. The van der Waals surface area contributed by atoms with Crippen LogP contribution in [-0.4, -0.2) is 84.9 Å². The first-order valence-corrected chi connectivity index (χ1v) is 11.2. The molecule has 8 nitrogen and oxygen atoms in total. The van der Waals surface area contributed by atoms with Crippen molar-refractivity contribution < 1.29 is 14.0 Å². The van der Waals surface area contributed by atoms with Gasteiger partial charge < -0.3 is 19.1 Å². The Balaban J connectivity index is 1.29. The zero-order valence-electron chi connectivity index (χ0n) is 18.4. The van der Waals surface area contributed by atoms with Crippen LogP contribution in [0.2, 0.25) is 0 Å². The van der Waals surface area contributed by atoms with Gasteiger partial charge in [0.25, 0.3) is 5.91 Å². The highest BCUT2D eigenvalue weighted by molar-refractivity contribution is 5.91. The van der Waals surface area contributed by atoms with Crippen LogP contribution in [0.3, 0.4) is 0 Å². The summed E-state index contributed by atoms with van der Waals surface area (Å²) in [6.45, 7) is 7.56. The van der Waals surface area contributed by atoms with Gasteiger partial charge in [0.05, 0.1) is 23.9 Å². The molecule has 1 aromatic heterocycles. The highest BCUT2D eigenvalue weighted by atomic mass is 16.3. The number of piperazine rings is 1. The summed E-state index contributed by atoms with van der Waals surface area (Å²) in [6.07, 6.45) is 2.47. The Morgan fingerprint density at radius 1 is 0.938 bits per heavy atom. The van der Waals surface area contributed by atoms with Crippen LogP contribution in [0.5, 0.6) is 0 Å². The third-order valence-electron chi connectivity index (χ3n) is 6.41. The fourth-order valence-electron chi connectivity index (χ4n) is 4.44. The molecule has 0 bridgehead atoms. The van der Waals surface area contributed by atoms with Gasteiger partial charge in [0.15, 0.2) is 5.76 Å². The summed E-state index contributed by atoms with van der Waals surface area (Å²) < 4.78 is 5.21. The van der Waals surface area contributed by atoms with Crippen LogP contribution in [0.25, 0.3) is 0 Å². The lowest BCUT2D eigenvalue weighted by molar-refractivity contribution is -0.137. The summed E-state index contributed by atoms with van der Waals surface area (Å²) in [5, 5.41) is 8.99. The fourth-order valence-corrected chi connectivity index (χ4v) is 4.44. The predicted octanol–water partition coefficient (Wildman–Crippen LogP) is 2.04. The van der Waals surface area contributed by atoms with Gasteiger partial charge in [-0.15, -0.1) is 0 Å². The number of nitrogens with zero attached hydrogens (tertiary/aromatic N) is 5. The Morgan fingerprint density at radius 3 is 2.31 bits per heavy atom. The Morgan fingerprint density at radius 2 is 1.66 bits per heavy atom. The molecular weight excluding hydrogens is 406 g/mol. The van der Waals surface area contributed by atoms with Gasteiger partial charge in [-0.2, -0.15) is 5.26 Å². The molecule has 8 heteroatoms. The van der Waals surface area contributed by atoms with Gasteiger partial charge in [0.1, 0.15) is 0 Å². The minimum atomic E-state index is -0.191. The average Bonchev–Trinajstić information content (AvgIpc) is 3.27. The van der Waals surface area contributed by atoms with Gasteiger partial charge in [0.2, 0.25) is 5.91 Å². The van der Waals surface area contributed by atoms with E-state index in [4.69, 9.17) is 9.68 Å². The van der Waals surface area contributed by atoms with Crippen molar-refractivity contribution in [2.75, 3.05) is 57.3 Å². The molecule has 1 atom stereocenters. The molecule has 32 heavy (non-hydrogen) atoms. The van der Waals surface area contributed by atoms with E-state index >= 15 is 0 Å². The zero-order valence-corrected chi connectivity index (χ0v) is 18.4. The standard InChI is InChI=1S/C24H29N5O3/c1-19(23(30)28-13-15-29(16-14-28)24(31)22-4-2-17-32-22)26-9-3-10-27(12-11-26)21-7-5-20(18-25)6-8-21/h2,4-8,17,19H,3,9-16H2,1H3. The molecule has 0 radical (unpaired) electrons. The van der Waals surface area contributed by atoms with Crippen molar-refractivity contribution in [3.8, 4) is 6.07 Å². The van der Waals surface area contributed by atoms with Gasteiger partial charge in [-0.1, -0.05) is 0 Å². The van der Waals surface area contributed by atoms with E-state index in [1.807, 2.05) is 36.1 Å². The van der Waals surface area contributed by atoms with Crippen molar-refractivity contribution >= 4 is 17.5 Å². The summed E-state index contributed by atoms with van der Waals surface area (Å²) >= 11 is 0. The van der Waals surface area contributed by atoms with Crippen molar-refractivity contribution in [3.05, 3.63) is 54.0 Å². The molecule has 1 unspecified atom stereocenters. The van der Waals surface area contributed by atoms with Crippen molar-refractivity contribution in [1.29, 1.82) is 5.26 Å². The molecule has 2 amide bonds. The van der Waals surface area contributed by atoms with Gasteiger partial charge in [-0.3, -0.25) is 14.5 Å². The topological polar surface area (TPSA) is 84.0 Å². The maximum absolute atomic E-state index is 13.2. The van der Waals surface area contributed by atoms with Crippen LogP contribution in [-0.2, 0) is 4.79 Å². The highest BCUT2D eigenvalue weighted by Crippen LogP contribution is 2.19. The first kappa shape index (κ1) is 21.9. The first-order chi connectivity index (χ1) is 15.6. The van der Waals surface area contributed by atoms with Crippen LogP contribution in [0.15, 0.2) is 47.1 Å². The van der Waals surface area contributed by atoms with Crippen molar-refractivity contribution in [2.45, 2.75) is 19.4 Å². The third-order valence-corrected chi connectivity index (χ3v) is 6.41. The summed E-state index contributed by atoms with van der Waals surface area (Å²) in [5.41, 5.74) is 1.78. The second-order valence-corrected chi connectivity index (χ2v) is 8.31. The number of nitriles is 1. The van der Waals surface area contributed by atoms with E-state index in [-0.39, 0.29) is 17.9 Å². The minimum absolute atomic E-state index is 0.120. The van der Waals surface area contributed by atoms with E-state index in [1.165, 1.54) is 6.26 Å². The van der Waals surface area contributed by atoms with E-state index < -0.39 is 0 Å². The second kappa shape index (κ2) is 9.88. The Hall–Kier alpha value is -3.31. The molecule has 4 rings (SSSR count). The van der Waals surface area contributed by atoms with Gasteiger partial charge >= 0.3 is 0 Å². The Labute approximate surface area is 188 Å². The number of amides is 2. The number of rotatable bonds is 4. The second-order valence-electron chi connectivity index (χ2n) is 8.31. The van der Waals surface area contributed by atoms with E-state index in [0.29, 0.717) is 37.5 Å². The predicted molar refractivity (Wildman–Crippen MR) is 120 cm³/mol. The zero-order chi connectivity index (χ0) is 22.5. The number of hydrogen-bond donors (Lipinski definition) is 0. The van der Waals surface area contributed by atoms with Crippen LogP contribution in [0, 0.1) is 11.3 Å². The van der Waals surface area contributed by atoms with Crippen molar-refractivity contribution in [2.24, 2.45) is 0 Å². The molecule has 0 saturated carbocycles. The first-order valence-electron chi connectivity index (χ1n) is 11.2. The molecule has 2 saturated heterocycles. The summed E-state index contributed by atoms with van der Waals surface area (Å²) in [6, 6.07) is 13.0. The quantitative estimate of drug-likeness (QED) is 0.731. The maximum Gasteiger partial charge on any atom is 0.289 e. The molecule has 3 heterocycles.